The molecule has 0 aliphatic heterocycles. The number of hydrogen-bond acceptors (Lipinski definition) is 5. The van der Waals surface area contributed by atoms with Crippen LogP contribution in [-0.2, 0) is 4.74 Å². The summed E-state index contributed by atoms with van der Waals surface area (Å²) >= 11 is 1.29. The summed E-state index contributed by atoms with van der Waals surface area (Å²) in [7, 11) is 0. The minimum atomic E-state index is -0.703. The predicted molar refractivity (Wildman–Crippen MR) is 71.8 cm³/mol. The highest BCUT2D eigenvalue weighted by Gasteiger charge is 2.15. The van der Waals surface area contributed by atoms with Crippen LogP contribution in [0.4, 0.5) is 0 Å². The predicted octanol–water partition coefficient (Wildman–Crippen LogP) is 2.80. The molecule has 0 unspecified atom stereocenters. The molecule has 0 spiro atoms. The molecule has 5 heteroatoms. The largest absolute Gasteiger partial charge is 0.507 e. The van der Waals surface area contributed by atoms with Crippen LogP contribution in [0.15, 0.2) is 35.7 Å². The second-order valence-corrected chi connectivity index (χ2v) is 4.94. The van der Waals surface area contributed by atoms with Crippen molar-refractivity contribution in [3.8, 4) is 5.75 Å². The summed E-state index contributed by atoms with van der Waals surface area (Å²) in [4.78, 5) is 24.0. The first-order valence-corrected chi connectivity index (χ1v) is 6.49. The summed E-state index contributed by atoms with van der Waals surface area (Å²) in [6.45, 7) is 1.47. The molecule has 98 valence electrons. The minimum absolute atomic E-state index is 0.0685. The highest BCUT2D eigenvalue weighted by atomic mass is 32.1. The summed E-state index contributed by atoms with van der Waals surface area (Å²) in [5.74, 6) is -1.11. The Morgan fingerprint density at radius 2 is 2.11 bits per heavy atom. The standard InChI is InChI=1S/C14H12O4S/c1-9-4-5-11(15)10(7-9)14(17)18-8-12(16)13-3-2-6-19-13/h2-7,15H,8H2,1H3. The fraction of sp³-hybridized carbons (Fsp3) is 0.143. The van der Waals surface area contributed by atoms with E-state index in [2.05, 4.69) is 0 Å². The van der Waals surface area contributed by atoms with Crippen LogP contribution in [0.2, 0.25) is 0 Å². The van der Waals surface area contributed by atoms with Crippen LogP contribution >= 0.6 is 11.3 Å². The van der Waals surface area contributed by atoms with Crippen LogP contribution in [0, 0.1) is 6.92 Å². The molecule has 0 aliphatic rings. The average molecular weight is 276 g/mol. The van der Waals surface area contributed by atoms with E-state index in [1.165, 1.54) is 23.5 Å². The second-order valence-electron chi connectivity index (χ2n) is 4.00. The van der Waals surface area contributed by atoms with E-state index in [0.29, 0.717) is 4.88 Å². The van der Waals surface area contributed by atoms with Crippen LogP contribution in [0.3, 0.4) is 0 Å². The van der Waals surface area contributed by atoms with Gasteiger partial charge in [0.05, 0.1) is 4.88 Å². The van der Waals surface area contributed by atoms with Crippen molar-refractivity contribution in [2.75, 3.05) is 6.61 Å². The zero-order chi connectivity index (χ0) is 13.8. The summed E-state index contributed by atoms with van der Waals surface area (Å²) < 4.78 is 4.91. The molecule has 1 aromatic carbocycles. The van der Waals surface area contributed by atoms with Crippen molar-refractivity contribution in [1.82, 2.24) is 0 Å². The Kier molecular flexibility index (Phi) is 3.97. The summed E-state index contributed by atoms with van der Waals surface area (Å²) in [6, 6.07) is 8.06. The van der Waals surface area contributed by atoms with Crippen molar-refractivity contribution in [2.24, 2.45) is 0 Å². The molecule has 2 rings (SSSR count). The molecule has 0 aliphatic carbocycles. The molecule has 19 heavy (non-hydrogen) atoms. The number of aryl methyl sites for hydroxylation is 1. The number of aromatic hydroxyl groups is 1. The number of rotatable bonds is 4. The van der Waals surface area contributed by atoms with E-state index in [0.717, 1.165) is 5.56 Å². The van der Waals surface area contributed by atoms with E-state index in [1.54, 1.807) is 30.5 Å². The van der Waals surface area contributed by atoms with Gasteiger partial charge in [0.15, 0.2) is 6.61 Å². The Labute approximate surface area is 114 Å². The highest BCUT2D eigenvalue weighted by molar-refractivity contribution is 7.12. The molecule has 4 nitrogen and oxygen atoms in total. The lowest BCUT2D eigenvalue weighted by Crippen LogP contribution is -2.13. The third-order valence-corrected chi connectivity index (χ3v) is 3.41. The van der Waals surface area contributed by atoms with Crippen LogP contribution < -0.4 is 0 Å². The van der Waals surface area contributed by atoms with Crippen molar-refractivity contribution in [2.45, 2.75) is 6.92 Å². The number of phenolic OH excluding ortho intramolecular Hbond substituents is 1. The van der Waals surface area contributed by atoms with Gasteiger partial charge in [-0.2, -0.15) is 0 Å². The molecule has 1 N–H and O–H groups in total. The molecule has 0 bridgehead atoms. The number of Topliss-reactive ketones (excluding diaryl/α,β-unsaturated/α-hetero) is 1. The fourth-order valence-electron chi connectivity index (χ4n) is 1.53. The van der Waals surface area contributed by atoms with Gasteiger partial charge in [-0.25, -0.2) is 4.79 Å². The Morgan fingerprint density at radius 1 is 1.32 bits per heavy atom. The van der Waals surface area contributed by atoms with Crippen LogP contribution in [0.5, 0.6) is 5.75 Å². The van der Waals surface area contributed by atoms with E-state index < -0.39 is 5.97 Å². The Hall–Kier alpha value is -2.14. The van der Waals surface area contributed by atoms with Gasteiger partial charge >= 0.3 is 5.97 Å². The first kappa shape index (κ1) is 13.3. The molecular weight excluding hydrogens is 264 g/mol. The quantitative estimate of drug-likeness (QED) is 0.689. The van der Waals surface area contributed by atoms with Gasteiger partial charge in [-0.15, -0.1) is 11.3 Å². The van der Waals surface area contributed by atoms with Crippen molar-refractivity contribution >= 4 is 23.1 Å². The summed E-state index contributed by atoms with van der Waals surface area (Å²) in [5.41, 5.74) is 0.897. The maximum atomic E-state index is 11.8. The zero-order valence-electron chi connectivity index (χ0n) is 10.3. The molecule has 0 saturated heterocycles. The van der Waals surface area contributed by atoms with E-state index in [9.17, 15) is 14.7 Å². The van der Waals surface area contributed by atoms with Gasteiger partial charge in [0.1, 0.15) is 11.3 Å². The van der Waals surface area contributed by atoms with Crippen molar-refractivity contribution in [3.63, 3.8) is 0 Å². The number of carbonyl (C=O) groups excluding carboxylic acids is 2. The lowest BCUT2D eigenvalue weighted by atomic mass is 10.1. The number of ketones is 1. The molecular formula is C14H12O4S. The first-order chi connectivity index (χ1) is 9.08. The van der Waals surface area contributed by atoms with Gasteiger partial charge in [-0.05, 0) is 30.5 Å². The smallest absolute Gasteiger partial charge is 0.342 e. The zero-order valence-corrected chi connectivity index (χ0v) is 11.1. The monoisotopic (exact) mass is 276 g/mol. The first-order valence-electron chi connectivity index (χ1n) is 5.61. The maximum absolute atomic E-state index is 11.8. The van der Waals surface area contributed by atoms with Crippen LogP contribution in [0.25, 0.3) is 0 Å². The molecule has 2 aromatic rings. The normalized spacial score (nSPS) is 10.2. The van der Waals surface area contributed by atoms with E-state index >= 15 is 0 Å². The number of thiophene rings is 1. The van der Waals surface area contributed by atoms with Crippen LogP contribution in [-0.4, -0.2) is 23.5 Å². The van der Waals surface area contributed by atoms with E-state index in [1.807, 2.05) is 0 Å². The number of benzene rings is 1. The third kappa shape index (κ3) is 3.20. The van der Waals surface area contributed by atoms with Gasteiger partial charge in [0.2, 0.25) is 5.78 Å². The average Bonchev–Trinajstić information content (AvgIpc) is 2.92. The van der Waals surface area contributed by atoms with Crippen LogP contribution in [0.1, 0.15) is 25.6 Å². The van der Waals surface area contributed by atoms with Gasteiger partial charge in [-0.1, -0.05) is 17.7 Å². The Bertz CT molecular complexity index is 602. The highest BCUT2D eigenvalue weighted by Crippen LogP contribution is 2.19. The van der Waals surface area contributed by atoms with Crippen molar-refractivity contribution in [3.05, 3.63) is 51.7 Å². The third-order valence-electron chi connectivity index (χ3n) is 2.50. The van der Waals surface area contributed by atoms with Gasteiger partial charge in [0, 0.05) is 0 Å². The minimum Gasteiger partial charge on any atom is -0.507 e. The number of phenols is 1. The molecule has 1 heterocycles. The van der Waals surface area contributed by atoms with E-state index in [-0.39, 0.29) is 23.7 Å². The lowest BCUT2D eigenvalue weighted by Gasteiger charge is -2.06. The molecule has 0 fully saturated rings. The molecule has 0 saturated carbocycles. The number of carbonyl (C=O) groups is 2. The van der Waals surface area contributed by atoms with Crippen molar-refractivity contribution in [1.29, 1.82) is 0 Å². The van der Waals surface area contributed by atoms with Gasteiger partial charge in [0.25, 0.3) is 0 Å². The summed E-state index contributed by atoms with van der Waals surface area (Å²) in [5, 5.41) is 11.4. The van der Waals surface area contributed by atoms with Gasteiger partial charge < -0.3 is 9.84 Å². The maximum Gasteiger partial charge on any atom is 0.342 e. The molecule has 0 atom stereocenters. The SMILES string of the molecule is Cc1ccc(O)c(C(=O)OCC(=O)c2cccs2)c1. The van der Waals surface area contributed by atoms with Crippen molar-refractivity contribution < 1.29 is 19.4 Å². The number of hydrogen-bond donors (Lipinski definition) is 1. The molecule has 1 aromatic heterocycles. The Balaban J connectivity index is 2.02. The van der Waals surface area contributed by atoms with E-state index in [4.69, 9.17) is 4.74 Å². The fourth-order valence-corrected chi connectivity index (χ4v) is 2.18. The number of esters is 1. The molecule has 0 radical (unpaired) electrons. The molecule has 0 amide bonds. The summed E-state index contributed by atoms with van der Waals surface area (Å²) in [6.07, 6.45) is 0. The second kappa shape index (κ2) is 5.67. The lowest BCUT2D eigenvalue weighted by molar-refractivity contribution is 0.0473. The topological polar surface area (TPSA) is 63.6 Å². The van der Waals surface area contributed by atoms with Gasteiger partial charge in [-0.3, -0.25) is 4.79 Å². The number of ether oxygens (including phenoxy) is 1. The Morgan fingerprint density at radius 3 is 2.79 bits per heavy atom.